The third-order valence-corrected chi connectivity index (χ3v) is 5.07. The number of halogens is 1. The van der Waals surface area contributed by atoms with E-state index in [9.17, 15) is 10.1 Å². The number of nitrogens with one attached hydrogen (secondary N) is 1. The quantitative estimate of drug-likeness (QED) is 0.595. The highest BCUT2D eigenvalue weighted by Gasteiger charge is 2.23. The van der Waals surface area contributed by atoms with Gasteiger partial charge in [-0.25, -0.2) is 0 Å². The minimum Gasteiger partial charge on any atom is -0.497 e. The average Bonchev–Trinajstić information content (AvgIpc) is 3.20. The van der Waals surface area contributed by atoms with E-state index < -0.39 is 0 Å². The molecule has 1 N–H and O–H groups in total. The Labute approximate surface area is 170 Å². The molecule has 0 radical (unpaired) electrons. The summed E-state index contributed by atoms with van der Waals surface area (Å²) in [7, 11) is 1.59. The molecule has 0 aliphatic carbocycles. The third kappa shape index (κ3) is 5.05. The number of ether oxygens (including phenoxy) is 1. The smallest absolute Gasteiger partial charge is 0.261 e. The van der Waals surface area contributed by atoms with Gasteiger partial charge in [0.1, 0.15) is 17.4 Å². The number of carbonyl (C=O) groups is 1. The molecule has 1 atom stereocenters. The predicted molar refractivity (Wildman–Crippen MR) is 111 cm³/mol. The van der Waals surface area contributed by atoms with Crippen LogP contribution in [0, 0.1) is 17.2 Å². The second kappa shape index (κ2) is 9.29. The van der Waals surface area contributed by atoms with Crippen LogP contribution in [0.2, 0.25) is 5.02 Å². The van der Waals surface area contributed by atoms with Crippen molar-refractivity contribution in [2.24, 2.45) is 5.92 Å². The molecule has 0 bridgehead atoms. The summed E-state index contributed by atoms with van der Waals surface area (Å²) in [6, 6.07) is 17.0. The molecule has 28 heavy (non-hydrogen) atoms. The van der Waals surface area contributed by atoms with Crippen molar-refractivity contribution >= 4 is 29.3 Å². The lowest BCUT2D eigenvalue weighted by molar-refractivity contribution is -0.117. The van der Waals surface area contributed by atoms with Crippen LogP contribution in [0.5, 0.6) is 5.75 Å². The lowest BCUT2D eigenvalue weighted by Gasteiger charge is -2.19. The van der Waals surface area contributed by atoms with Gasteiger partial charge in [0.2, 0.25) is 0 Å². The summed E-state index contributed by atoms with van der Waals surface area (Å²) in [5.74, 6) is 0.732. The van der Waals surface area contributed by atoms with Gasteiger partial charge < -0.3 is 15.0 Å². The fraction of sp³-hybridized carbons (Fsp3) is 0.273. The first-order valence-corrected chi connectivity index (χ1v) is 9.51. The molecule has 1 saturated heterocycles. The Morgan fingerprint density at radius 3 is 2.64 bits per heavy atom. The minimum absolute atomic E-state index is 0.0951. The Kier molecular flexibility index (Phi) is 6.57. The Balaban J connectivity index is 1.54. The molecule has 144 valence electrons. The molecule has 2 aromatic rings. The number of carbonyl (C=O) groups excluding carboxylic acids is 1. The number of amides is 1. The molecule has 3 rings (SSSR count). The summed E-state index contributed by atoms with van der Waals surface area (Å²) < 4.78 is 5.11. The van der Waals surface area contributed by atoms with Crippen LogP contribution in [0.1, 0.15) is 12.0 Å². The van der Waals surface area contributed by atoms with Crippen LogP contribution in [0.25, 0.3) is 6.08 Å². The zero-order valence-electron chi connectivity index (χ0n) is 15.7. The van der Waals surface area contributed by atoms with Gasteiger partial charge >= 0.3 is 0 Å². The number of nitrogens with zero attached hydrogens (tertiary/aromatic N) is 2. The molecule has 2 aromatic carbocycles. The van der Waals surface area contributed by atoms with Crippen LogP contribution >= 0.6 is 11.6 Å². The number of hydrogen-bond acceptors (Lipinski definition) is 4. The van der Waals surface area contributed by atoms with Crippen molar-refractivity contribution in [3.8, 4) is 11.8 Å². The SMILES string of the molecule is COc1ccc(/C=C(\C#N)C(=O)NCC2CCN(c3ccc(Cl)cc3)C2)cc1. The first-order chi connectivity index (χ1) is 13.6. The molecule has 5 nitrogen and oxygen atoms in total. The van der Waals surface area contributed by atoms with E-state index in [4.69, 9.17) is 16.3 Å². The molecular weight excluding hydrogens is 374 g/mol. The van der Waals surface area contributed by atoms with Crippen LogP contribution in [0.4, 0.5) is 5.69 Å². The monoisotopic (exact) mass is 395 g/mol. The summed E-state index contributed by atoms with van der Waals surface area (Å²) in [5.41, 5.74) is 2.01. The summed E-state index contributed by atoms with van der Waals surface area (Å²) in [6.07, 6.45) is 2.58. The van der Waals surface area contributed by atoms with Crippen LogP contribution in [-0.4, -0.2) is 32.7 Å². The minimum atomic E-state index is -0.344. The van der Waals surface area contributed by atoms with Crippen molar-refractivity contribution < 1.29 is 9.53 Å². The molecule has 1 aliphatic rings. The van der Waals surface area contributed by atoms with Gasteiger partial charge in [0.25, 0.3) is 5.91 Å². The van der Waals surface area contributed by atoms with Gasteiger partial charge in [-0.1, -0.05) is 23.7 Å². The van der Waals surface area contributed by atoms with Crippen molar-refractivity contribution in [3.63, 3.8) is 0 Å². The van der Waals surface area contributed by atoms with Gasteiger partial charge in [-0.3, -0.25) is 4.79 Å². The van der Waals surface area contributed by atoms with Crippen molar-refractivity contribution in [1.82, 2.24) is 5.32 Å². The fourth-order valence-corrected chi connectivity index (χ4v) is 3.36. The highest BCUT2D eigenvalue weighted by atomic mass is 35.5. The average molecular weight is 396 g/mol. The van der Waals surface area contributed by atoms with Gasteiger partial charge in [-0.05, 0) is 60.4 Å². The molecule has 0 aromatic heterocycles. The van der Waals surface area contributed by atoms with Crippen LogP contribution < -0.4 is 15.0 Å². The Morgan fingerprint density at radius 1 is 1.29 bits per heavy atom. The third-order valence-electron chi connectivity index (χ3n) is 4.82. The molecular formula is C22H22ClN3O2. The fourth-order valence-electron chi connectivity index (χ4n) is 3.23. The molecule has 1 amide bonds. The maximum Gasteiger partial charge on any atom is 0.261 e. The maximum absolute atomic E-state index is 12.4. The van der Waals surface area contributed by atoms with Crippen molar-refractivity contribution in [2.45, 2.75) is 6.42 Å². The van der Waals surface area contributed by atoms with E-state index in [0.717, 1.165) is 41.5 Å². The first-order valence-electron chi connectivity index (χ1n) is 9.13. The van der Waals surface area contributed by atoms with Gasteiger partial charge in [0.15, 0.2) is 0 Å². The molecule has 1 aliphatic heterocycles. The second-order valence-corrected chi connectivity index (χ2v) is 7.17. The zero-order chi connectivity index (χ0) is 19.9. The van der Waals surface area contributed by atoms with Crippen LogP contribution in [-0.2, 0) is 4.79 Å². The number of methoxy groups -OCH3 is 1. The standard InChI is InChI=1S/C22H22ClN3O2/c1-28-21-8-2-16(3-9-21)12-18(13-24)22(27)25-14-17-10-11-26(15-17)20-6-4-19(23)5-7-20/h2-9,12,17H,10-11,14-15H2,1H3,(H,25,27)/b18-12+. The van der Waals surface area contributed by atoms with Gasteiger partial charge in [0.05, 0.1) is 7.11 Å². The lowest BCUT2D eigenvalue weighted by atomic mass is 10.1. The highest BCUT2D eigenvalue weighted by molar-refractivity contribution is 6.30. The normalized spacial score (nSPS) is 16.5. The zero-order valence-corrected chi connectivity index (χ0v) is 16.4. The highest BCUT2D eigenvalue weighted by Crippen LogP contribution is 2.25. The predicted octanol–water partition coefficient (Wildman–Crippen LogP) is 3.90. The van der Waals surface area contributed by atoms with Crippen molar-refractivity contribution in [2.75, 3.05) is 31.6 Å². The van der Waals surface area contributed by atoms with Crippen molar-refractivity contribution in [1.29, 1.82) is 5.26 Å². The Hall–Kier alpha value is -2.97. The number of rotatable bonds is 6. The number of benzene rings is 2. The maximum atomic E-state index is 12.4. The van der Waals surface area contributed by atoms with Crippen LogP contribution in [0.15, 0.2) is 54.1 Å². The summed E-state index contributed by atoms with van der Waals surface area (Å²) in [5, 5.41) is 13.0. The first kappa shape index (κ1) is 19.8. The van der Waals surface area contributed by atoms with E-state index in [1.807, 2.05) is 42.5 Å². The molecule has 1 heterocycles. The van der Waals surface area contributed by atoms with Gasteiger partial charge in [-0.2, -0.15) is 5.26 Å². The summed E-state index contributed by atoms with van der Waals surface area (Å²) >= 11 is 5.94. The molecule has 0 saturated carbocycles. The van der Waals surface area contributed by atoms with Gasteiger partial charge in [0, 0.05) is 30.3 Å². The molecule has 6 heteroatoms. The van der Waals surface area contributed by atoms with E-state index in [1.165, 1.54) is 0 Å². The van der Waals surface area contributed by atoms with E-state index in [2.05, 4.69) is 10.2 Å². The van der Waals surface area contributed by atoms with Gasteiger partial charge in [-0.15, -0.1) is 0 Å². The van der Waals surface area contributed by atoms with Crippen molar-refractivity contribution in [3.05, 3.63) is 64.7 Å². The topological polar surface area (TPSA) is 65.4 Å². The van der Waals surface area contributed by atoms with E-state index >= 15 is 0 Å². The number of anilines is 1. The molecule has 1 fully saturated rings. The Bertz CT molecular complexity index is 885. The Morgan fingerprint density at radius 2 is 2.00 bits per heavy atom. The number of hydrogen-bond donors (Lipinski definition) is 1. The molecule has 0 spiro atoms. The second-order valence-electron chi connectivity index (χ2n) is 6.73. The lowest BCUT2D eigenvalue weighted by Crippen LogP contribution is -2.31. The van der Waals surface area contributed by atoms with E-state index in [1.54, 1.807) is 25.3 Å². The number of nitriles is 1. The summed E-state index contributed by atoms with van der Waals surface area (Å²) in [6.45, 7) is 2.35. The van der Waals surface area contributed by atoms with E-state index in [0.29, 0.717) is 12.5 Å². The largest absolute Gasteiger partial charge is 0.497 e. The van der Waals surface area contributed by atoms with E-state index in [-0.39, 0.29) is 11.5 Å². The molecule has 1 unspecified atom stereocenters. The van der Waals surface area contributed by atoms with Crippen LogP contribution in [0.3, 0.4) is 0 Å². The summed E-state index contributed by atoms with van der Waals surface area (Å²) in [4.78, 5) is 14.7.